The maximum Gasteiger partial charge on any atom is 0.199 e. The largest absolute Gasteiger partial charge is 0.508 e. The summed E-state index contributed by atoms with van der Waals surface area (Å²) in [6.07, 6.45) is 12.0. The Morgan fingerprint density at radius 2 is 1.09 bits per heavy atom. The Labute approximate surface area is 315 Å². The molecule has 54 heavy (non-hydrogen) atoms. The highest BCUT2D eigenvalue weighted by Crippen LogP contribution is 2.28. The maximum atomic E-state index is 12.7. The van der Waals surface area contributed by atoms with Crippen LogP contribution in [-0.4, -0.2) is 64.4 Å². The summed E-state index contributed by atoms with van der Waals surface area (Å²) in [5.74, 6) is 0.555. The summed E-state index contributed by atoms with van der Waals surface area (Å²) in [7, 11) is 0. The minimum atomic E-state index is -0.292. The van der Waals surface area contributed by atoms with Crippen LogP contribution < -0.4 is 9.47 Å². The number of hydrogen-bond donors (Lipinski definition) is 4. The molecule has 3 aliphatic heterocycles. The Morgan fingerprint density at radius 1 is 0.574 bits per heavy atom. The van der Waals surface area contributed by atoms with E-state index in [0.717, 1.165) is 74.7 Å². The Hall–Kier alpha value is -5.52. The lowest BCUT2D eigenvalue weighted by molar-refractivity contribution is -0.106. The van der Waals surface area contributed by atoms with E-state index in [2.05, 4.69) is 0 Å². The fourth-order valence-electron chi connectivity index (χ4n) is 5.84. The Kier molecular flexibility index (Phi) is 15.2. The Bertz CT molecular complexity index is 1800. The van der Waals surface area contributed by atoms with E-state index in [1.54, 1.807) is 30.5 Å². The van der Waals surface area contributed by atoms with Crippen molar-refractivity contribution in [1.82, 2.24) is 0 Å². The fourth-order valence-corrected chi connectivity index (χ4v) is 5.84. The number of ether oxygens (including phenoxy) is 5. The Morgan fingerprint density at radius 3 is 1.56 bits per heavy atom. The molecule has 3 aliphatic rings. The molecule has 2 saturated heterocycles. The number of rotatable bonds is 10. The predicted molar refractivity (Wildman–Crippen MR) is 201 cm³/mol. The van der Waals surface area contributed by atoms with Crippen LogP contribution in [0.4, 0.5) is 0 Å². The van der Waals surface area contributed by atoms with Gasteiger partial charge in [-0.25, -0.2) is 0 Å². The summed E-state index contributed by atoms with van der Waals surface area (Å²) in [4.78, 5) is 24.6. The molecule has 0 aliphatic carbocycles. The first kappa shape index (κ1) is 39.7. The van der Waals surface area contributed by atoms with Crippen molar-refractivity contribution < 1.29 is 53.7 Å². The molecule has 11 nitrogen and oxygen atoms in total. The van der Waals surface area contributed by atoms with Gasteiger partial charge in [-0.15, -0.1) is 0 Å². The van der Waals surface area contributed by atoms with Gasteiger partial charge in [0, 0.05) is 37.8 Å². The molecule has 2 fully saturated rings. The van der Waals surface area contributed by atoms with Crippen LogP contribution in [-0.2, 0) is 27.1 Å². The minimum Gasteiger partial charge on any atom is -0.508 e. The van der Waals surface area contributed by atoms with Crippen LogP contribution in [0.15, 0.2) is 97.3 Å². The van der Waals surface area contributed by atoms with Gasteiger partial charge in [0.05, 0.1) is 37.2 Å². The van der Waals surface area contributed by atoms with Crippen molar-refractivity contribution in [2.45, 2.75) is 76.8 Å². The van der Waals surface area contributed by atoms with E-state index < -0.39 is 0 Å². The van der Waals surface area contributed by atoms with Gasteiger partial charge < -0.3 is 44.1 Å². The highest BCUT2D eigenvalue weighted by atomic mass is 16.7. The van der Waals surface area contributed by atoms with Crippen LogP contribution in [0.3, 0.4) is 0 Å². The molecule has 7 rings (SSSR count). The zero-order valence-electron chi connectivity index (χ0n) is 30.2. The molecule has 4 aromatic rings. The number of carbonyl (C=O) groups excluding carboxylic acids is 2. The number of ketones is 2. The second-order valence-corrected chi connectivity index (χ2v) is 13.1. The first-order chi connectivity index (χ1) is 26.2. The van der Waals surface area contributed by atoms with Gasteiger partial charge in [-0.05, 0) is 104 Å². The highest BCUT2D eigenvalue weighted by molar-refractivity contribution is 6.00. The smallest absolute Gasteiger partial charge is 0.199 e. The van der Waals surface area contributed by atoms with Crippen LogP contribution in [0.1, 0.15) is 83.2 Å². The molecule has 0 spiro atoms. The molecule has 0 saturated carbocycles. The first-order valence-electron chi connectivity index (χ1n) is 18.3. The van der Waals surface area contributed by atoms with Crippen LogP contribution in [0.2, 0.25) is 0 Å². The standard InChI is InChI=1S/C24H28O6.C14H12O4.C5H8O/c25-21(15-17-7-9-18(10-8-17)29-23-5-1-3-13-27-23)20-12-11-19(16-22(20)26)30-24-6-2-4-14-28-24;15-10-3-1-9(2-4-10)7-13(17)12-6-5-11(16)8-14(12)18;1-2-4-6-5-3-1/h7-12,16,23-24,26H,1-6,13-15H2;1-6,8,15-16,18H,7H2;2,4H,1,3,5H2. The van der Waals surface area contributed by atoms with E-state index in [1.807, 2.05) is 30.3 Å². The SMILES string of the molecule is C1=COCCC1.O=C(Cc1ccc(O)cc1)c1ccc(O)cc1O.O=C(Cc1ccc(OC2CCCCO2)cc1)c1ccc(OC2CCCCO2)cc1O. The van der Waals surface area contributed by atoms with Crippen molar-refractivity contribution >= 4 is 11.6 Å². The number of phenolic OH excluding ortho intramolecular Hbond substituents is 4. The molecular weight excluding hydrogens is 692 g/mol. The average Bonchev–Trinajstić information content (AvgIpc) is 3.18. The predicted octanol–water partition coefficient (Wildman–Crippen LogP) is 8.17. The molecule has 0 aromatic heterocycles. The maximum absolute atomic E-state index is 12.7. The summed E-state index contributed by atoms with van der Waals surface area (Å²) < 4.78 is 27.6. The van der Waals surface area contributed by atoms with Gasteiger partial charge in [-0.3, -0.25) is 9.59 Å². The molecular formula is C43H48O11. The van der Waals surface area contributed by atoms with Crippen molar-refractivity contribution in [3.8, 4) is 34.5 Å². The molecule has 0 radical (unpaired) electrons. The Balaban J connectivity index is 0.000000196. The zero-order chi connectivity index (χ0) is 38.1. The van der Waals surface area contributed by atoms with E-state index in [9.17, 15) is 19.8 Å². The van der Waals surface area contributed by atoms with Crippen LogP contribution in [0, 0.1) is 0 Å². The van der Waals surface area contributed by atoms with Crippen molar-refractivity contribution in [2.24, 2.45) is 0 Å². The van der Waals surface area contributed by atoms with Crippen LogP contribution in [0.25, 0.3) is 0 Å². The second kappa shape index (κ2) is 20.6. The van der Waals surface area contributed by atoms with Gasteiger partial charge in [-0.2, -0.15) is 0 Å². The van der Waals surface area contributed by atoms with E-state index in [0.29, 0.717) is 12.4 Å². The quantitative estimate of drug-likeness (QED) is 0.116. The third kappa shape index (κ3) is 12.9. The number of hydrogen-bond acceptors (Lipinski definition) is 11. The lowest BCUT2D eigenvalue weighted by Crippen LogP contribution is -2.25. The number of aromatic hydroxyl groups is 4. The third-order valence-corrected chi connectivity index (χ3v) is 8.78. The topological polar surface area (TPSA) is 161 Å². The van der Waals surface area contributed by atoms with Crippen molar-refractivity contribution in [3.63, 3.8) is 0 Å². The normalized spacial score (nSPS) is 17.7. The first-order valence-corrected chi connectivity index (χ1v) is 18.3. The van der Waals surface area contributed by atoms with E-state index in [1.165, 1.54) is 43.2 Å². The van der Waals surface area contributed by atoms with E-state index in [4.69, 9.17) is 33.9 Å². The summed E-state index contributed by atoms with van der Waals surface area (Å²) in [5, 5.41) is 38.2. The number of Topliss-reactive ketones (excluding diaryl/α,β-unsaturated/α-hetero) is 2. The fraction of sp³-hybridized carbons (Fsp3) is 0.349. The van der Waals surface area contributed by atoms with E-state index in [-0.39, 0.29) is 71.1 Å². The average molecular weight is 741 g/mol. The molecule has 3 heterocycles. The highest BCUT2D eigenvalue weighted by Gasteiger charge is 2.19. The van der Waals surface area contributed by atoms with Gasteiger partial charge in [-0.1, -0.05) is 24.3 Å². The van der Waals surface area contributed by atoms with Crippen molar-refractivity contribution in [1.29, 1.82) is 0 Å². The summed E-state index contributed by atoms with van der Waals surface area (Å²) >= 11 is 0. The number of carbonyl (C=O) groups is 2. The third-order valence-electron chi connectivity index (χ3n) is 8.78. The van der Waals surface area contributed by atoms with Crippen molar-refractivity contribution in [3.05, 3.63) is 120 Å². The number of allylic oxidation sites excluding steroid dienone is 1. The second-order valence-electron chi connectivity index (χ2n) is 13.1. The lowest BCUT2D eigenvalue weighted by atomic mass is 10.0. The van der Waals surface area contributed by atoms with Crippen molar-refractivity contribution in [2.75, 3.05) is 19.8 Å². The number of phenols is 4. The van der Waals surface area contributed by atoms with E-state index >= 15 is 0 Å². The zero-order valence-corrected chi connectivity index (χ0v) is 30.2. The molecule has 0 bridgehead atoms. The van der Waals surface area contributed by atoms with Gasteiger partial charge >= 0.3 is 0 Å². The molecule has 286 valence electrons. The molecule has 4 aromatic carbocycles. The van der Waals surface area contributed by atoms with Crippen LogP contribution in [0.5, 0.6) is 34.5 Å². The molecule has 4 N–H and O–H groups in total. The van der Waals surface area contributed by atoms with Gasteiger partial charge in [0.2, 0.25) is 0 Å². The lowest BCUT2D eigenvalue weighted by Gasteiger charge is -2.23. The minimum absolute atomic E-state index is 0.0808. The molecule has 11 heteroatoms. The summed E-state index contributed by atoms with van der Waals surface area (Å²) in [5.41, 5.74) is 2.04. The molecule has 2 atom stereocenters. The van der Waals surface area contributed by atoms with Gasteiger partial charge in [0.25, 0.3) is 0 Å². The molecule has 2 unspecified atom stereocenters. The monoisotopic (exact) mass is 740 g/mol. The summed E-state index contributed by atoms with van der Waals surface area (Å²) in [6, 6.07) is 22.4. The summed E-state index contributed by atoms with van der Waals surface area (Å²) in [6.45, 7) is 2.33. The van der Waals surface area contributed by atoms with Gasteiger partial charge in [0.1, 0.15) is 34.5 Å². The molecule has 0 amide bonds. The number of benzene rings is 4. The van der Waals surface area contributed by atoms with Crippen LogP contribution >= 0.6 is 0 Å². The van der Waals surface area contributed by atoms with Gasteiger partial charge in [0.15, 0.2) is 24.1 Å².